The highest BCUT2D eigenvalue weighted by atomic mass is 16.1. The van der Waals surface area contributed by atoms with E-state index < -0.39 is 0 Å². The van der Waals surface area contributed by atoms with Gasteiger partial charge in [0.25, 0.3) is 0 Å². The standard InChI is InChI=1S/C16H24O.C15H22O/c17-15(8-7-13-5-6-13)14-4-3-11-16(12-14)9-1-2-10-16;1-2-3-8-14(16)13-7-6-11-15(12-13)9-4-5-10-15/h4,13H,1-3,5-12H2;2,7H,1,3-6,8-12H2. The Morgan fingerprint density at radius 2 is 1.27 bits per heavy atom. The molecule has 5 aliphatic carbocycles. The van der Waals surface area contributed by atoms with Crippen molar-refractivity contribution in [1.29, 1.82) is 0 Å². The van der Waals surface area contributed by atoms with Crippen molar-refractivity contribution in [3.05, 3.63) is 36.0 Å². The average molecular weight is 451 g/mol. The van der Waals surface area contributed by atoms with Crippen LogP contribution in [0.2, 0.25) is 0 Å². The van der Waals surface area contributed by atoms with E-state index in [-0.39, 0.29) is 0 Å². The number of carbonyl (C=O) groups excluding carboxylic acids is 2. The minimum atomic E-state index is 0.367. The molecule has 0 aromatic carbocycles. The van der Waals surface area contributed by atoms with E-state index in [1.165, 1.54) is 82.6 Å². The first-order chi connectivity index (χ1) is 16.0. The molecule has 3 fully saturated rings. The maximum Gasteiger partial charge on any atom is 0.158 e. The SMILES string of the molecule is C=CCCC(=O)C1=CCCC2(CCCC2)C1.O=C(CCC1CC1)C1=CCCC2(CCCC2)C1. The third-order valence-electron chi connectivity index (χ3n) is 9.36. The third-order valence-corrected chi connectivity index (χ3v) is 9.36. The predicted molar refractivity (Wildman–Crippen MR) is 137 cm³/mol. The van der Waals surface area contributed by atoms with Crippen LogP contribution >= 0.6 is 0 Å². The van der Waals surface area contributed by atoms with Gasteiger partial charge >= 0.3 is 0 Å². The number of rotatable bonds is 8. The molecular formula is C31H46O2. The van der Waals surface area contributed by atoms with Crippen LogP contribution in [0, 0.1) is 16.7 Å². The molecule has 5 aliphatic rings. The van der Waals surface area contributed by atoms with E-state index in [2.05, 4.69) is 18.7 Å². The molecule has 5 rings (SSSR count). The number of ketones is 2. The van der Waals surface area contributed by atoms with Gasteiger partial charge < -0.3 is 0 Å². The van der Waals surface area contributed by atoms with Gasteiger partial charge in [0.1, 0.15) is 0 Å². The van der Waals surface area contributed by atoms with Crippen molar-refractivity contribution >= 4 is 11.6 Å². The van der Waals surface area contributed by atoms with Crippen LogP contribution in [-0.2, 0) is 9.59 Å². The summed E-state index contributed by atoms with van der Waals surface area (Å²) >= 11 is 0. The van der Waals surface area contributed by atoms with Gasteiger partial charge in [-0.05, 0) is 105 Å². The molecule has 0 amide bonds. The quantitative estimate of drug-likeness (QED) is 0.347. The van der Waals surface area contributed by atoms with Gasteiger partial charge in [0.05, 0.1) is 0 Å². The molecule has 0 aliphatic heterocycles. The lowest BCUT2D eigenvalue weighted by Gasteiger charge is -2.33. The fourth-order valence-corrected chi connectivity index (χ4v) is 7.06. The van der Waals surface area contributed by atoms with E-state index in [4.69, 9.17) is 0 Å². The van der Waals surface area contributed by atoms with Crippen molar-refractivity contribution in [3.8, 4) is 0 Å². The highest BCUT2D eigenvalue weighted by molar-refractivity contribution is 5.96. The van der Waals surface area contributed by atoms with E-state index in [0.717, 1.165) is 56.4 Å². The van der Waals surface area contributed by atoms with Crippen LogP contribution in [0.3, 0.4) is 0 Å². The average Bonchev–Trinajstić information content (AvgIpc) is 3.41. The topological polar surface area (TPSA) is 34.1 Å². The van der Waals surface area contributed by atoms with Gasteiger partial charge in [-0.15, -0.1) is 6.58 Å². The summed E-state index contributed by atoms with van der Waals surface area (Å²) in [4.78, 5) is 24.2. The number of allylic oxidation sites excluding steroid dienone is 5. The molecule has 0 radical (unpaired) electrons. The summed E-state index contributed by atoms with van der Waals surface area (Å²) in [6.45, 7) is 3.68. The molecule has 0 bridgehead atoms. The van der Waals surface area contributed by atoms with Crippen LogP contribution in [0.5, 0.6) is 0 Å². The van der Waals surface area contributed by atoms with Gasteiger partial charge in [-0.1, -0.05) is 56.8 Å². The van der Waals surface area contributed by atoms with Gasteiger partial charge in [-0.25, -0.2) is 0 Å². The highest BCUT2D eigenvalue weighted by Gasteiger charge is 2.38. The zero-order valence-corrected chi connectivity index (χ0v) is 21.0. The molecular weight excluding hydrogens is 404 g/mol. The smallest absolute Gasteiger partial charge is 0.158 e. The Kier molecular flexibility index (Phi) is 8.47. The lowest BCUT2D eigenvalue weighted by molar-refractivity contribution is -0.117. The summed E-state index contributed by atoms with van der Waals surface area (Å²) in [6, 6.07) is 0. The number of hydrogen-bond acceptors (Lipinski definition) is 2. The van der Waals surface area contributed by atoms with Gasteiger partial charge in [-0.2, -0.15) is 0 Å². The number of carbonyl (C=O) groups is 2. The summed E-state index contributed by atoms with van der Waals surface area (Å²) in [6.07, 6.45) is 30.5. The fourth-order valence-electron chi connectivity index (χ4n) is 7.06. The fraction of sp³-hybridized carbons (Fsp3) is 0.742. The molecule has 0 aromatic rings. The largest absolute Gasteiger partial charge is 0.295 e. The van der Waals surface area contributed by atoms with Crippen LogP contribution in [0.25, 0.3) is 0 Å². The molecule has 0 N–H and O–H groups in total. The molecule has 2 nitrogen and oxygen atoms in total. The first-order valence-electron chi connectivity index (χ1n) is 14.1. The molecule has 33 heavy (non-hydrogen) atoms. The van der Waals surface area contributed by atoms with Gasteiger partial charge in [0, 0.05) is 12.8 Å². The lowest BCUT2D eigenvalue weighted by Crippen LogP contribution is -2.23. The monoisotopic (exact) mass is 450 g/mol. The molecule has 182 valence electrons. The van der Waals surface area contributed by atoms with E-state index in [9.17, 15) is 9.59 Å². The molecule has 0 aromatic heterocycles. The summed E-state index contributed by atoms with van der Waals surface area (Å²) < 4.78 is 0. The minimum Gasteiger partial charge on any atom is -0.295 e. The maximum absolute atomic E-state index is 12.2. The Hall–Kier alpha value is -1.44. The zero-order chi connectivity index (χ0) is 23.2. The van der Waals surface area contributed by atoms with Crippen LogP contribution in [0.15, 0.2) is 36.0 Å². The lowest BCUT2D eigenvalue weighted by atomic mass is 9.72. The van der Waals surface area contributed by atoms with Crippen molar-refractivity contribution in [1.82, 2.24) is 0 Å². The Balaban J connectivity index is 0.000000157. The molecule has 0 unspecified atom stereocenters. The van der Waals surface area contributed by atoms with Crippen molar-refractivity contribution < 1.29 is 9.59 Å². The minimum absolute atomic E-state index is 0.367. The van der Waals surface area contributed by atoms with Crippen molar-refractivity contribution in [2.45, 2.75) is 128 Å². The van der Waals surface area contributed by atoms with Gasteiger partial charge in [0.2, 0.25) is 0 Å². The van der Waals surface area contributed by atoms with Gasteiger partial charge in [-0.3, -0.25) is 9.59 Å². The van der Waals surface area contributed by atoms with Crippen LogP contribution in [0.1, 0.15) is 128 Å². The maximum atomic E-state index is 12.2. The van der Waals surface area contributed by atoms with Gasteiger partial charge in [0.15, 0.2) is 11.6 Å². The molecule has 0 saturated heterocycles. The second-order valence-electron chi connectivity index (χ2n) is 12.0. The molecule has 2 spiro atoms. The third kappa shape index (κ3) is 6.80. The second-order valence-corrected chi connectivity index (χ2v) is 12.0. The van der Waals surface area contributed by atoms with Crippen molar-refractivity contribution in [3.63, 3.8) is 0 Å². The first kappa shape index (κ1) is 24.7. The molecule has 3 saturated carbocycles. The first-order valence-corrected chi connectivity index (χ1v) is 14.1. The molecule has 0 atom stereocenters. The Morgan fingerprint density at radius 1 is 0.788 bits per heavy atom. The second kappa shape index (κ2) is 11.3. The summed E-state index contributed by atoms with van der Waals surface area (Å²) in [5, 5.41) is 0. The number of hydrogen-bond donors (Lipinski definition) is 0. The van der Waals surface area contributed by atoms with Crippen molar-refractivity contribution in [2.24, 2.45) is 16.7 Å². The number of Topliss-reactive ketones (excluding diaryl/α,β-unsaturated/α-hetero) is 2. The Morgan fingerprint density at radius 3 is 1.73 bits per heavy atom. The summed E-state index contributed by atoms with van der Waals surface area (Å²) in [5.41, 5.74) is 3.36. The van der Waals surface area contributed by atoms with Crippen LogP contribution in [-0.4, -0.2) is 11.6 Å². The predicted octanol–water partition coefficient (Wildman–Crippen LogP) is 8.61. The zero-order valence-electron chi connectivity index (χ0n) is 21.0. The summed E-state index contributed by atoms with van der Waals surface area (Å²) in [5.74, 6) is 1.73. The van der Waals surface area contributed by atoms with E-state index >= 15 is 0 Å². The highest BCUT2D eigenvalue weighted by Crippen LogP contribution is 2.50. The van der Waals surface area contributed by atoms with Crippen molar-refractivity contribution in [2.75, 3.05) is 0 Å². The summed E-state index contributed by atoms with van der Waals surface area (Å²) in [7, 11) is 0. The molecule has 0 heterocycles. The molecule has 2 heteroatoms. The van der Waals surface area contributed by atoms with Crippen LogP contribution < -0.4 is 0 Å². The normalized spacial score (nSPS) is 25.2. The van der Waals surface area contributed by atoms with E-state index in [1.807, 2.05) is 6.08 Å². The van der Waals surface area contributed by atoms with Crippen LogP contribution in [0.4, 0.5) is 0 Å². The van der Waals surface area contributed by atoms with E-state index in [0.29, 0.717) is 28.8 Å². The Bertz CT molecular complexity index is 767. The van der Waals surface area contributed by atoms with E-state index in [1.54, 1.807) is 0 Å². The Labute approximate surface area is 202 Å².